The third-order valence-electron chi connectivity index (χ3n) is 3.88. The minimum absolute atomic E-state index is 0.158. The summed E-state index contributed by atoms with van der Waals surface area (Å²) in [5.41, 5.74) is 0.507. The van der Waals surface area contributed by atoms with Crippen LogP contribution in [0.4, 0.5) is 10.6 Å². The van der Waals surface area contributed by atoms with Gasteiger partial charge in [0.2, 0.25) is 0 Å². The predicted molar refractivity (Wildman–Crippen MR) is 97.3 cm³/mol. The Kier molecular flexibility index (Phi) is 4.88. The number of hydrogen-bond acceptors (Lipinski definition) is 5. The summed E-state index contributed by atoms with van der Waals surface area (Å²) in [5.74, 6) is 1.46. The van der Waals surface area contributed by atoms with Crippen molar-refractivity contribution in [1.29, 1.82) is 0 Å². The molecule has 2 heterocycles. The van der Waals surface area contributed by atoms with Crippen molar-refractivity contribution in [3.05, 3.63) is 42.6 Å². The lowest BCUT2D eigenvalue weighted by Gasteiger charge is -2.24. The lowest BCUT2D eigenvalue weighted by atomic mass is 10.2. The molecule has 1 aliphatic rings. The van der Waals surface area contributed by atoms with Gasteiger partial charge in [-0.3, -0.25) is 0 Å². The highest BCUT2D eigenvalue weighted by atomic mass is 16.6. The number of nitrogens with one attached hydrogen (secondary N) is 1. The zero-order chi connectivity index (χ0) is 17.9. The fraction of sp³-hybridized carbons (Fsp3) is 0.421. The van der Waals surface area contributed by atoms with E-state index in [1.54, 1.807) is 11.1 Å². The first kappa shape index (κ1) is 17.2. The van der Waals surface area contributed by atoms with E-state index in [0.29, 0.717) is 18.9 Å². The van der Waals surface area contributed by atoms with Crippen LogP contribution < -0.4 is 5.32 Å². The summed E-state index contributed by atoms with van der Waals surface area (Å²) in [6.45, 7) is 6.93. The van der Waals surface area contributed by atoms with Crippen LogP contribution in [0.1, 0.15) is 27.2 Å². The Labute approximate surface area is 148 Å². The molecule has 6 heteroatoms. The maximum absolute atomic E-state index is 12.1. The number of aromatic nitrogens is 2. The van der Waals surface area contributed by atoms with Gasteiger partial charge in [-0.2, -0.15) is 0 Å². The van der Waals surface area contributed by atoms with E-state index >= 15 is 0 Å². The van der Waals surface area contributed by atoms with Gasteiger partial charge in [0.1, 0.15) is 11.4 Å². The molecule has 2 aromatic rings. The van der Waals surface area contributed by atoms with Gasteiger partial charge in [0, 0.05) is 30.9 Å². The van der Waals surface area contributed by atoms with Crippen LogP contribution in [0, 0.1) is 0 Å². The van der Waals surface area contributed by atoms with Crippen molar-refractivity contribution in [3.63, 3.8) is 0 Å². The molecule has 0 unspecified atom stereocenters. The van der Waals surface area contributed by atoms with Crippen molar-refractivity contribution in [1.82, 2.24) is 14.9 Å². The first-order valence-electron chi connectivity index (χ1n) is 8.54. The second kappa shape index (κ2) is 7.09. The number of carbonyl (C=O) groups excluding carboxylic acids is 1. The summed E-state index contributed by atoms with van der Waals surface area (Å²) in [6.07, 6.45) is 2.35. The van der Waals surface area contributed by atoms with Gasteiger partial charge >= 0.3 is 6.09 Å². The van der Waals surface area contributed by atoms with Gasteiger partial charge in [-0.05, 0) is 33.3 Å². The number of likely N-dealkylation sites (tertiary alicyclic amines) is 1. The van der Waals surface area contributed by atoms with Crippen LogP contribution in [-0.4, -0.2) is 45.7 Å². The number of amides is 1. The highest BCUT2D eigenvalue weighted by molar-refractivity contribution is 5.68. The highest BCUT2D eigenvalue weighted by Crippen LogP contribution is 2.20. The normalized spacial score (nSPS) is 17.4. The molecule has 1 saturated heterocycles. The first-order chi connectivity index (χ1) is 11.9. The molecule has 0 bridgehead atoms. The van der Waals surface area contributed by atoms with Crippen LogP contribution in [0.2, 0.25) is 0 Å². The minimum atomic E-state index is -0.472. The molecule has 25 heavy (non-hydrogen) atoms. The smallest absolute Gasteiger partial charge is 0.410 e. The Morgan fingerprint density at radius 1 is 1.24 bits per heavy atom. The molecule has 1 fully saturated rings. The minimum Gasteiger partial charge on any atom is -0.444 e. The quantitative estimate of drug-likeness (QED) is 0.925. The molecular weight excluding hydrogens is 316 g/mol. The number of carbonyl (C=O) groups is 1. The zero-order valence-corrected chi connectivity index (χ0v) is 14.9. The monoisotopic (exact) mass is 340 g/mol. The largest absolute Gasteiger partial charge is 0.444 e. The van der Waals surface area contributed by atoms with Gasteiger partial charge in [-0.1, -0.05) is 30.3 Å². The Bertz CT molecular complexity index is 728. The average molecular weight is 340 g/mol. The maximum Gasteiger partial charge on any atom is 0.410 e. The van der Waals surface area contributed by atoms with Crippen molar-refractivity contribution < 1.29 is 9.53 Å². The highest BCUT2D eigenvalue weighted by Gasteiger charge is 2.29. The Hall–Kier alpha value is -2.63. The molecule has 132 valence electrons. The standard InChI is InChI=1S/C19H24N4O2/c1-19(2,3)25-18(24)23-12-10-15(13-23)21-16-9-11-20-17(22-16)14-7-5-4-6-8-14/h4-9,11,15H,10,12-13H2,1-3H3,(H,20,21,22)/t15-/m1/s1. The lowest BCUT2D eigenvalue weighted by Crippen LogP contribution is -2.36. The van der Waals surface area contributed by atoms with Crippen molar-refractivity contribution in [2.45, 2.75) is 38.8 Å². The van der Waals surface area contributed by atoms with Gasteiger partial charge in [0.05, 0.1) is 0 Å². The second-order valence-corrected chi connectivity index (χ2v) is 7.19. The third-order valence-corrected chi connectivity index (χ3v) is 3.88. The SMILES string of the molecule is CC(C)(C)OC(=O)N1CC[C@@H](Nc2ccnc(-c3ccccc3)n2)C1. The lowest BCUT2D eigenvalue weighted by molar-refractivity contribution is 0.0293. The summed E-state index contributed by atoms with van der Waals surface area (Å²) < 4.78 is 5.43. The molecule has 0 spiro atoms. The Morgan fingerprint density at radius 2 is 2.00 bits per heavy atom. The fourth-order valence-electron chi connectivity index (χ4n) is 2.74. The molecule has 0 saturated carbocycles. The molecule has 1 aromatic carbocycles. The Morgan fingerprint density at radius 3 is 2.72 bits per heavy atom. The van der Waals surface area contributed by atoms with E-state index in [0.717, 1.165) is 17.8 Å². The molecular formula is C19H24N4O2. The number of benzene rings is 1. The van der Waals surface area contributed by atoms with Crippen LogP contribution in [0.5, 0.6) is 0 Å². The second-order valence-electron chi connectivity index (χ2n) is 7.19. The van der Waals surface area contributed by atoms with E-state index in [2.05, 4.69) is 15.3 Å². The van der Waals surface area contributed by atoms with E-state index in [9.17, 15) is 4.79 Å². The molecule has 1 atom stereocenters. The number of anilines is 1. The summed E-state index contributed by atoms with van der Waals surface area (Å²) in [6, 6.07) is 11.9. The zero-order valence-electron chi connectivity index (χ0n) is 14.9. The van der Waals surface area contributed by atoms with Crippen molar-refractivity contribution in [3.8, 4) is 11.4 Å². The topological polar surface area (TPSA) is 67.3 Å². The molecule has 1 amide bonds. The summed E-state index contributed by atoms with van der Waals surface area (Å²) in [7, 11) is 0. The van der Waals surface area contributed by atoms with E-state index in [1.165, 1.54) is 0 Å². The van der Waals surface area contributed by atoms with Gasteiger partial charge < -0.3 is 15.0 Å². The van der Waals surface area contributed by atoms with Crippen molar-refractivity contribution in [2.75, 3.05) is 18.4 Å². The number of rotatable bonds is 3. The van der Waals surface area contributed by atoms with Gasteiger partial charge in [-0.25, -0.2) is 14.8 Å². The molecule has 0 aliphatic carbocycles. The number of nitrogens with zero attached hydrogens (tertiary/aromatic N) is 3. The van der Waals surface area contributed by atoms with Crippen LogP contribution >= 0.6 is 0 Å². The Balaban J connectivity index is 1.61. The summed E-state index contributed by atoms with van der Waals surface area (Å²) in [4.78, 5) is 22.8. The molecule has 3 rings (SSSR count). The van der Waals surface area contributed by atoms with Crippen LogP contribution in [0.3, 0.4) is 0 Å². The molecule has 1 aromatic heterocycles. The predicted octanol–water partition coefficient (Wildman–Crippen LogP) is 3.56. The van der Waals surface area contributed by atoms with Gasteiger partial charge in [0.15, 0.2) is 5.82 Å². The van der Waals surface area contributed by atoms with E-state index in [1.807, 2.05) is 57.2 Å². The summed E-state index contributed by atoms with van der Waals surface area (Å²) in [5, 5.41) is 3.40. The van der Waals surface area contributed by atoms with E-state index in [-0.39, 0.29) is 12.1 Å². The fourth-order valence-corrected chi connectivity index (χ4v) is 2.74. The third kappa shape index (κ3) is 4.68. The van der Waals surface area contributed by atoms with Crippen LogP contribution in [-0.2, 0) is 4.74 Å². The van der Waals surface area contributed by atoms with Gasteiger partial charge in [0.25, 0.3) is 0 Å². The maximum atomic E-state index is 12.1. The van der Waals surface area contributed by atoms with E-state index in [4.69, 9.17) is 4.74 Å². The molecule has 1 aliphatic heterocycles. The van der Waals surface area contributed by atoms with E-state index < -0.39 is 5.60 Å². The number of hydrogen-bond donors (Lipinski definition) is 1. The first-order valence-corrected chi connectivity index (χ1v) is 8.54. The molecule has 6 nitrogen and oxygen atoms in total. The van der Waals surface area contributed by atoms with Crippen molar-refractivity contribution >= 4 is 11.9 Å². The summed E-state index contributed by atoms with van der Waals surface area (Å²) >= 11 is 0. The van der Waals surface area contributed by atoms with Crippen molar-refractivity contribution in [2.24, 2.45) is 0 Å². The number of ether oxygens (including phenoxy) is 1. The molecule has 0 radical (unpaired) electrons. The molecule has 1 N–H and O–H groups in total. The van der Waals surface area contributed by atoms with Crippen LogP contribution in [0.15, 0.2) is 42.6 Å². The average Bonchev–Trinajstić information content (AvgIpc) is 3.03. The van der Waals surface area contributed by atoms with Gasteiger partial charge in [-0.15, -0.1) is 0 Å². The van der Waals surface area contributed by atoms with Crippen LogP contribution in [0.25, 0.3) is 11.4 Å².